The van der Waals surface area contributed by atoms with E-state index in [0.717, 1.165) is 0 Å². The predicted octanol–water partition coefficient (Wildman–Crippen LogP) is 8.53. The van der Waals surface area contributed by atoms with Crippen LogP contribution in [0.2, 0.25) is 24.2 Å². The molecule has 0 N–H and O–H groups in total. The summed E-state index contributed by atoms with van der Waals surface area (Å²) in [5.41, 5.74) is 10.5. The van der Waals surface area contributed by atoms with Gasteiger partial charge in [-0.15, -0.1) is 0 Å². The van der Waals surface area contributed by atoms with E-state index in [-0.39, 0.29) is 5.41 Å². The molecular weight excluding hydrogens is 376 g/mol. The fourth-order valence-electron chi connectivity index (χ4n) is 5.80. The van der Waals surface area contributed by atoms with Gasteiger partial charge >= 0.3 is 0 Å². The molecule has 0 bridgehead atoms. The van der Waals surface area contributed by atoms with Gasteiger partial charge in [0.2, 0.25) is 0 Å². The average molecular weight is 413 g/mol. The van der Waals surface area contributed by atoms with Gasteiger partial charge in [-0.1, -0.05) is 118 Å². The van der Waals surface area contributed by atoms with E-state index >= 15 is 0 Å². The van der Waals surface area contributed by atoms with Crippen LogP contribution in [-0.4, -0.2) is 8.07 Å². The Labute approximate surface area is 184 Å². The molecule has 0 fully saturated rings. The zero-order valence-corrected chi connectivity index (χ0v) is 20.7. The van der Waals surface area contributed by atoms with Crippen molar-refractivity contribution < 1.29 is 0 Å². The van der Waals surface area contributed by atoms with E-state index in [1.807, 2.05) is 0 Å². The topological polar surface area (TPSA) is 0 Å². The lowest BCUT2D eigenvalue weighted by atomic mass is 9.87. The summed E-state index contributed by atoms with van der Waals surface area (Å²) in [5, 5.41) is 0. The van der Waals surface area contributed by atoms with Gasteiger partial charge in [0, 0.05) is 11.5 Å². The SMILES string of the molecule is CC1=CC(C(C)(C)C)=CC1[Si](C)(C)C1C(C)=CC2=C1C=CC=CC2c1ccccc1. The normalized spacial score (nSPS) is 26.4. The van der Waals surface area contributed by atoms with Crippen molar-refractivity contribution in [3.05, 3.63) is 106 Å². The molecular formula is C29H36Si. The average Bonchev–Trinajstić information content (AvgIpc) is 3.17. The van der Waals surface area contributed by atoms with Crippen LogP contribution in [0.15, 0.2) is 101 Å². The molecule has 1 aromatic carbocycles. The molecule has 3 aliphatic rings. The van der Waals surface area contributed by atoms with Gasteiger partial charge in [-0.25, -0.2) is 0 Å². The first-order valence-corrected chi connectivity index (χ1v) is 14.5. The molecule has 0 amide bonds. The summed E-state index contributed by atoms with van der Waals surface area (Å²) in [6.07, 6.45) is 16.9. The summed E-state index contributed by atoms with van der Waals surface area (Å²) in [6, 6.07) is 11.0. The van der Waals surface area contributed by atoms with Gasteiger partial charge in [0.05, 0.1) is 8.07 Å². The lowest BCUT2D eigenvalue weighted by Gasteiger charge is -2.38. The fraction of sp³-hybridized carbons (Fsp3) is 0.379. The van der Waals surface area contributed by atoms with Crippen LogP contribution in [0, 0.1) is 5.41 Å². The van der Waals surface area contributed by atoms with Crippen molar-refractivity contribution in [2.45, 2.75) is 64.7 Å². The minimum Gasteiger partial charge on any atom is -0.0763 e. The van der Waals surface area contributed by atoms with E-state index in [0.29, 0.717) is 17.0 Å². The van der Waals surface area contributed by atoms with E-state index in [2.05, 4.69) is 121 Å². The van der Waals surface area contributed by atoms with Crippen molar-refractivity contribution in [3.8, 4) is 0 Å². The van der Waals surface area contributed by atoms with Crippen LogP contribution in [0.4, 0.5) is 0 Å². The van der Waals surface area contributed by atoms with Crippen LogP contribution >= 0.6 is 0 Å². The Kier molecular flexibility index (Phi) is 5.30. The Morgan fingerprint density at radius 2 is 1.53 bits per heavy atom. The number of hydrogen-bond acceptors (Lipinski definition) is 0. The monoisotopic (exact) mass is 412 g/mol. The minimum absolute atomic E-state index is 0.218. The maximum atomic E-state index is 2.61. The number of rotatable bonds is 3. The van der Waals surface area contributed by atoms with Crippen molar-refractivity contribution in [2.75, 3.05) is 0 Å². The van der Waals surface area contributed by atoms with Crippen molar-refractivity contribution in [1.82, 2.24) is 0 Å². The lowest BCUT2D eigenvalue weighted by Crippen LogP contribution is -2.38. The highest BCUT2D eigenvalue weighted by Crippen LogP contribution is 2.55. The van der Waals surface area contributed by atoms with E-state index in [9.17, 15) is 0 Å². The molecule has 156 valence electrons. The minimum atomic E-state index is -1.69. The molecule has 0 nitrogen and oxygen atoms in total. The second-order valence-electron chi connectivity index (χ2n) is 10.9. The Balaban J connectivity index is 1.77. The van der Waals surface area contributed by atoms with Crippen LogP contribution in [0.3, 0.4) is 0 Å². The first-order chi connectivity index (χ1) is 14.1. The molecule has 4 rings (SSSR count). The molecule has 30 heavy (non-hydrogen) atoms. The van der Waals surface area contributed by atoms with E-state index in [1.165, 1.54) is 16.7 Å². The molecule has 1 heteroatoms. The maximum Gasteiger partial charge on any atom is 0.0714 e. The first kappa shape index (κ1) is 21.1. The Morgan fingerprint density at radius 1 is 0.833 bits per heavy atom. The standard InChI is InChI=1S/C29H36Si/c1-20-17-23(29(3,4)5)19-27(20)30(6,7)28-21(2)18-26-24(15-11-12-16-25(26)28)22-13-9-8-10-14-22/h8-19,24,27-28H,1-7H3. The van der Waals surface area contributed by atoms with Gasteiger partial charge in [-0.05, 0) is 47.1 Å². The second-order valence-corrected chi connectivity index (χ2v) is 15.8. The smallest absolute Gasteiger partial charge is 0.0714 e. The predicted molar refractivity (Wildman–Crippen MR) is 135 cm³/mol. The molecule has 0 saturated heterocycles. The molecule has 0 radical (unpaired) electrons. The van der Waals surface area contributed by atoms with Crippen molar-refractivity contribution in [3.63, 3.8) is 0 Å². The van der Waals surface area contributed by atoms with Crippen molar-refractivity contribution in [2.24, 2.45) is 5.41 Å². The van der Waals surface area contributed by atoms with Crippen LogP contribution in [0.1, 0.15) is 46.1 Å². The molecule has 1 aromatic rings. The van der Waals surface area contributed by atoms with Gasteiger partial charge in [-0.2, -0.15) is 0 Å². The summed E-state index contributed by atoms with van der Waals surface area (Å²) < 4.78 is 0. The summed E-state index contributed by atoms with van der Waals surface area (Å²) in [4.78, 5) is 0. The molecule has 0 aromatic heterocycles. The van der Waals surface area contributed by atoms with Crippen molar-refractivity contribution >= 4 is 8.07 Å². The largest absolute Gasteiger partial charge is 0.0763 e. The molecule has 0 spiro atoms. The highest BCUT2D eigenvalue weighted by atomic mass is 28.3. The van der Waals surface area contributed by atoms with Gasteiger partial charge in [0.15, 0.2) is 0 Å². The molecule has 3 atom stereocenters. The fourth-order valence-corrected chi connectivity index (χ4v) is 10.4. The third-order valence-electron chi connectivity index (χ3n) is 7.30. The Morgan fingerprint density at radius 3 is 2.17 bits per heavy atom. The summed E-state index contributed by atoms with van der Waals surface area (Å²) in [7, 11) is -1.69. The van der Waals surface area contributed by atoms with Gasteiger partial charge < -0.3 is 0 Å². The summed E-state index contributed by atoms with van der Waals surface area (Å²) in [5.74, 6) is 0.349. The third-order valence-corrected chi connectivity index (χ3v) is 11.8. The highest BCUT2D eigenvalue weighted by Gasteiger charge is 2.46. The summed E-state index contributed by atoms with van der Waals surface area (Å²) >= 11 is 0. The van der Waals surface area contributed by atoms with E-state index in [4.69, 9.17) is 0 Å². The van der Waals surface area contributed by atoms with Crippen LogP contribution in [0.25, 0.3) is 0 Å². The first-order valence-electron chi connectivity index (χ1n) is 11.3. The molecule has 3 aliphatic carbocycles. The highest BCUT2D eigenvalue weighted by molar-refractivity contribution is 6.82. The van der Waals surface area contributed by atoms with Gasteiger partial charge in [0.25, 0.3) is 0 Å². The van der Waals surface area contributed by atoms with E-state index in [1.54, 1.807) is 16.7 Å². The molecule has 0 aliphatic heterocycles. The Hall–Kier alpha value is -2.12. The maximum absolute atomic E-state index is 2.61. The van der Waals surface area contributed by atoms with Crippen LogP contribution < -0.4 is 0 Å². The Bertz CT molecular complexity index is 1020. The third kappa shape index (κ3) is 3.58. The van der Waals surface area contributed by atoms with Crippen LogP contribution in [-0.2, 0) is 0 Å². The number of hydrogen-bond donors (Lipinski definition) is 0. The van der Waals surface area contributed by atoms with Gasteiger partial charge in [0.1, 0.15) is 0 Å². The zero-order chi connectivity index (χ0) is 21.7. The van der Waals surface area contributed by atoms with E-state index < -0.39 is 8.07 Å². The number of allylic oxidation sites excluding steroid dienone is 12. The zero-order valence-electron chi connectivity index (χ0n) is 19.7. The van der Waals surface area contributed by atoms with Crippen molar-refractivity contribution in [1.29, 1.82) is 0 Å². The van der Waals surface area contributed by atoms with Gasteiger partial charge in [-0.3, -0.25) is 0 Å². The number of benzene rings is 1. The summed E-state index contributed by atoms with van der Waals surface area (Å²) in [6.45, 7) is 17.0. The van der Waals surface area contributed by atoms with Crippen LogP contribution in [0.5, 0.6) is 0 Å². The second kappa shape index (κ2) is 7.53. The lowest BCUT2D eigenvalue weighted by molar-refractivity contribution is 0.517. The molecule has 0 heterocycles. The quantitative estimate of drug-likeness (QED) is 0.436. The molecule has 0 saturated carbocycles. The molecule has 3 unspecified atom stereocenters.